The van der Waals surface area contributed by atoms with Crippen LogP contribution < -0.4 is 5.73 Å². The van der Waals surface area contributed by atoms with Crippen LogP contribution in [0.3, 0.4) is 0 Å². The Morgan fingerprint density at radius 1 is 1.30 bits per heavy atom. The Hall–Kier alpha value is -1.10. The molecule has 5 nitrogen and oxygen atoms in total. The van der Waals surface area contributed by atoms with Gasteiger partial charge >= 0.3 is 0 Å². The summed E-state index contributed by atoms with van der Waals surface area (Å²) in [6.45, 7) is 7.96. The Morgan fingerprint density at radius 2 is 1.95 bits per heavy atom. The van der Waals surface area contributed by atoms with Crippen LogP contribution in [0.4, 0.5) is 0 Å². The highest BCUT2D eigenvalue weighted by atomic mass is 16.2. The van der Waals surface area contributed by atoms with Gasteiger partial charge in [-0.1, -0.05) is 20.3 Å². The third kappa shape index (κ3) is 3.14. The predicted octanol–water partition coefficient (Wildman–Crippen LogP) is 0.829. The van der Waals surface area contributed by atoms with Gasteiger partial charge in [-0.3, -0.25) is 9.59 Å². The lowest BCUT2D eigenvalue weighted by atomic mass is 9.98. The molecule has 114 valence electrons. The lowest BCUT2D eigenvalue weighted by Gasteiger charge is -2.41. The Kier molecular flexibility index (Phi) is 4.68. The van der Waals surface area contributed by atoms with Gasteiger partial charge in [0.05, 0.1) is 6.04 Å². The molecule has 0 radical (unpaired) electrons. The van der Waals surface area contributed by atoms with Crippen molar-refractivity contribution in [2.24, 2.45) is 17.6 Å². The molecule has 0 aromatic rings. The van der Waals surface area contributed by atoms with E-state index in [9.17, 15) is 9.59 Å². The molecule has 2 amide bonds. The van der Waals surface area contributed by atoms with Gasteiger partial charge in [-0.2, -0.15) is 0 Å². The second kappa shape index (κ2) is 6.12. The van der Waals surface area contributed by atoms with E-state index in [1.54, 1.807) is 0 Å². The van der Waals surface area contributed by atoms with Crippen LogP contribution in [0.5, 0.6) is 0 Å². The molecule has 0 aromatic carbocycles. The third-order valence-corrected chi connectivity index (χ3v) is 4.69. The van der Waals surface area contributed by atoms with E-state index in [1.807, 2.05) is 30.6 Å². The van der Waals surface area contributed by atoms with E-state index < -0.39 is 6.04 Å². The van der Waals surface area contributed by atoms with Crippen molar-refractivity contribution in [3.63, 3.8) is 0 Å². The minimum Gasteiger partial charge on any atom is -0.338 e. The van der Waals surface area contributed by atoms with Gasteiger partial charge in [0.15, 0.2) is 0 Å². The SMILES string of the molecule is CCC(C)C(N)C(=O)N1CCN(C(=O)C2CC2)C(C)C1. The van der Waals surface area contributed by atoms with Crippen LogP contribution in [-0.4, -0.2) is 53.3 Å². The van der Waals surface area contributed by atoms with Gasteiger partial charge in [0.2, 0.25) is 11.8 Å². The van der Waals surface area contributed by atoms with Crippen molar-refractivity contribution in [2.45, 2.75) is 52.1 Å². The normalized spacial score (nSPS) is 26.3. The van der Waals surface area contributed by atoms with Crippen LogP contribution in [0, 0.1) is 11.8 Å². The number of hydrogen-bond donors (Lipinski definition) is 1. The Morgan fingerprint density at radius 3 is 2.45 bits per heavy atom. The Balaban J connectivity index is 1.91. The smallest absolute Gasteiger partial charge is 0.239 e. The number of piperazine rings is 1. The highest BCUT2D eigenvalue weighted by molar-refractivity contribution is 5.84. The first kappa shape index (κ1) is 15.3. The van der Waals surface area contributed by atoms with Gasteiger partial charge in [-0.05, 0) is 25.7 Å². The van der Waals surface area contributed by atoms with Gasteiger partial charge < -0.3 is 15.5 Å². The highest BCUT2D eigenvalue weighted by Gasteiger charge is 2.38. The summed E-state index contributed by atoms with van der Waals surface area (Å²) in [5.41, 5.74) is 6.03. The maximum atomic E-state index is 12.4. The predicted molar refractivity (Wildman–Crippen MR) is 77.9 cm³/mol. The first-order chi connectivity index (χ1) is 9.45. The molecule has 1 aliphatic carbocycles. The minimum atomic E-state index is -0.419. The number of nitrogens with two attached hydrogens (primary N) is 1. The molecule has 1 heterocycles. The van der Waals surface area contributed by atoms with Gasteiger partial charge in [0.1, 0.15) is 0 Å². The summed E-state index contributed by atoms with van der Waals surface area (Å²) in [6.07, 6.45) is 2.97. The van der Waals surface area contributed by atoms with Crippen LogP contribution in [0.1, 0.15) is 40.0 Å². The van der Waals surface area contributed by atoms with E-state index in [4.69, 9.17) is 5.73 Å². The van der Waals surface area contributed by atoms with Crippen LogP contribution >= 0.6 is 0 Å². The highest BCUT2D eigenvalue weighted by Crippen LogP contribution is 2.32. The number of nitrogens with zero attached hydrogens (tertiary/aromatic N) is 2. The maximum absolute atomic E-state index is 12.4. The van der Waals surface area contributed by atoms with Gasteiger partial charge in [0.25, 0.3) is 0 Å². The van der Waals surface area contributed by atoms with Crippen LogP contribution in [0.2, 0.25) is 0 Å². The summed E-state index contributed by atoms with van der Waals surface area (Å²) in [5, 5.41) is 0. The van der Waals surface area contributed by atoms with Crippen LogP contribution in [-0.2, 0) is 9.59 Å². The van der Waals surface area contributed by atoms with Crippen molar-refractivity contribution in [3.05, 3.63) is 0 Å². The zero-order valence-corrected chi connectivity index (χ0v) is 12.8. The van der Waals surface area contributed by atoms with Crippen molar-refractivity contribution in [1.29, 1.82) is 0 Å². The maximum Gasteiger partial charge on any atom is 0.239 e. The number of carbonyl (C=O) groups excluding carboxylic acids is 2. The molecule has 2 fully saturated rings. The molecule has 0 aromatic heterocycles. The zero-order valence-electron chi connectivity index (χ0n) is 12.8. The lowest BCUT2D eigenvalue weighted by molar-refractivity contribution is -0.144. The van der Waals surface area contributed by atoms with Crippen molar-refractivity contribution in [1.82, 2.24) is 9.80 Å². The molecule has 3 unspecified atom stereocenters. The van der Waals surface area contributed by atoms with Crippen molar-refractivity contribution < 1.29 is 9.59 Å². The number of rotatable bonds is 4. The molecule has 2 N–H and O–H groups in total. The van der Waals surface area contributed by atoms with Crippen molar-refractivity contribution >= 4 is 11.8 Å². The summed E-state index contributed by atoms with van der Waals surface area (Å²) >= 11 is 0. The van der Waals surface area contributed by atoms with Crippen molar-refractivity contribution in [2.75, 3.05) is 19.6 Å². The summed E-state index contributed by atoms with van der Waals surface area (Å²) in [7, 11) is 0. The largest absolute Gasteiger partial charge is 0.338 e. The lowest BCUT2D eigenvalue weighted by Crippen LogP contribution is -2.59. The van der Waals surface area contributed by atoms with E-state index >= 15 is 0 Å². The average molecular weight is 281 g/mol. The third-order valence-electron chi connectivity index (χ3n) is 4.69. The molecule has 2 rings (SSSR count). The van der Waals surface area contributed by atoms with Gasteiger partial charge in [-0.15, -0.1) is 0 Å². The molecule has 0 bridgehead atoms. The molecule has 1 saturated carbocycles. The minimum absolute atomic E-state index is 0.0321. The average Bonchev–Trinajstić information content (AvgIpc) is 3.28. The second-order valence-corrected chi connectivity index (χ2v) is 6.35. The quantitative estimate of drug-likeness (QED) is 0.830. The number of carbonyl (C=O) groups is 2. The topological polar surface area (TPSA) is 66.6 Å². The van der Waals surface area contributed by atoms with E-state index in [2.05, 4.69) is 0 Å². The molecule has 20 heavy (non-hydrogen) atoms. The summed E-state index contributed by atoms with van der Waals surface area (Å²) in [4.78, 5) is 28.3. The fraction of sp³-hybridized carbons (Fsp3) is 0.867. The number of amides is 2. The molecular weight excluding hydrogens is 254 g/mol. The first-order valence-corrected chi connectivity index (χ1v) is 7.80. The summed E-state index contributed by atoms with van der Waals surface area (Å²) < 4.78 is 0. The fourth-order valence-corrected chi connectivity index (χ4v) is 2.76. The monoisotopic (exact) mass is 281 g/mol. The van der Waals surface area contributed by atoms with Crippen molar-refractivity contribution in [3.8, 4) is 0 Å². The molecule has 1 aliphatic heterocycles. The number of hydrogen-bond acceptors (Lipinski definition) is 3. The zero-order chi connectivity index (χ0) is 14.9. The van der Waals surface area contributed by atoms with Gasteiger partial charge in [0, 0.05) is 31.6 Å². The van der Waals surface area contributed by atoms with Crippen LogP contribution in [0.25, 0.3) is 0 Å². The molecule has 0 spiro atoms. The summed E-state index contributed by atoms with van der Waals surface area (Å²) in [5.74, 6) is 0.756. The second-order valence-electron chi connectivity index (χ2n) is 6.35. The fourth-order valence-electron chi connectivity index (χ4n) is 2.76. The molecule has 5 heteroatoms. The van der Waals surface area contributed by atoms with E-state index in [0.29, 0.717) is 19.6 Å². The molecule has 3 atom stereocenters. The Labute approximate surface area is 121 Å². The standard InChI is InChI=1S/C15H27N3O2/c1-4-10(2)13(16)15(20)17-7-8-18(11(3)9-17)14(19)12-5-6-12/h10-13H,4-9,16H2,1-3H3. The van der Waals surface area contributed by atoms with E-state index in [0.717, 1.165) is 19.3 Å². The molecule has 1 saturated heterocycles. The Bertz CT molecular complexity index is 381. The molecular formula is C15H27N3O2. The molecule has 2 aliphatic rings. The van der Waals surface area contributed by atoms with Crippen LogP contribution in [0.15, 0.2) is 0 Å². The van der Waals surface area contributed by atoms with Gasteiger partial charge in [-0.25, -0.2) is 0 Å². The van der Waals surface area contributed by atoms with E-state index in [1.165, 1.54) is 0 Å². The first-order valence-electron chi connectivity index (χ1n) is 7.80. The van der Waals surface area contributed by atoms with E-state index in [-0.39, 0.29) is 29.7 Å². The summed E-state index contributed by atoms with van der Waals surface area (Å²) in [6, 6.07) is -0.317.